The Morgan fingerprint density at radius 1 is 1.50 bits per heavy atom. The number of aromatic nitrogens is 3. The molecule has 1 N–H and O–H groups in total. The fourth-order valence-corrected chi connectivity index (χ4v) is 1.73. The van der Waals surface area contributed by atoms with Gasteiger partial charge in [-0.15, -0.1) is 5.10 Å². The SMILES string of the molecule is CCOCCCn1nnc(C(=O)O)c1CC(C)C. The van der Waals surface area contributed by atoms with Crippen LogP contribution in [0.4, 0.5) is 0 Å². The fraction of sp³-hybridized carbons (Fsp3) is 0.750. The highest BCUT2D eigenvalue weighted by molar-refractivity contribution is 5.86. The molecule has 6 nitrogen and oxygen atoms in total. The van der Waals surface area contributed by atoms with Crippen molar-refractivity contribution >= 4 is 5.97 Å². The van der Waals surface area contributed by atoms with Crippen LogP contribution in [0.2, 0.25) is 0 Å². The molecule has 0 saturated heterocycles. The van der Waals surface area contributed by atoms with Gasteiger partial charge in [0.2, 0.25) is 0 Å². The lowest BCUT2D eigenvalue weighted by Crippen LogP contribution is -2.12. The maximum atomic E-state index is 11.1. The van der Waals surface area contributed by atoms with E-state index >= 15 is 0 Å². The minimum absolute atomic E-state index is 0.0695. The smallest absolute Gasteiger partial charge is 0.358 e. The van der Waals surface area contributed by atoms with Gasteiger partial charge in [-0.3, -0.25) is 0 Å². The summed E-state index contributed by atoms with van der Waals surface area (Å²) in [4.78, 5) is 11.1. The Bertz CT molecular complexity index is 388. The van der Waals surface area contributed by atoms with Crippen LogP contribution < -0.4 is 0 Å². The monoisotopic (exact) mass is 255 g/mol. The van der Waals surface area contributed by atoms with Gasteiger partial charge in [0, 0.05) is 19.8 Å². The number of nitrogens with zero attached hydrogens (tertiary/aromatic N) is 3. The van der Waals surface area contributed by atoms with Crippen LogP contribution >= 0.6 is 0 Å². The van der Waals surface area contributed by atoms with E-state index in [0.29, 0.717) is 37.8 Å². The Kier molecular flexibility index (Phi) is 5.77. The zero-order valence-corrected chi connectivity index (χ0v) is 11.2. The van der Waals surface area contributed by atoms with Crippen molar-refractivity contribution in [2.45, 2.75) is 40.2 Å². The van der Waals surface area contributed by atoms with Crippen molar-refractivity contribution in [2.24, 2.45) is 5.92 Å². The molecule has 0 spiro atoms. The van der Waals surface area contributed by atoms with E-state index < -0.39 is 5.97 Å². The van der Waals surface area contributed by atoms with Gasteiger partial charge in [-0.05, 0) is 25.7 Å². The predicted molar refractivity (Wildman–Crippen MR) is 66.6 cm³/mol. The van der Waals surface area contributed by atoms with Crippen molar-refractivity contribution in [2.75, 3.05) is 13.2 Å². The van der Waals surface area contributed by atoms with E-state index in [4.69, 9.17) is 9.84 Å². The van der Waals surface area contributed by atoms with Gasteiger partial charge >= 0.3 is 5.97 Å². The molecule has 0 unspecified atom stereocenters. The van der Waals surface area contributed by atoms with E-state index in [9.17, 15) is 4.79 Å². The zero-order valence-electron chi connectivity index (χ0n) is 11.2. The fourth-order valence-electron chi connectivity index (χ4n) is 1.73. The van der Waals surface area contributed by atoms with Crippen LogP contribution in [0.3, 0.4) is 0 Å². The lowest BCUT2D eigenvalue weighted by molar-refractivity contribution is 0.0689. The standard InChI is InChI=1S/C12H21N3O3/c1-4-18-7-5-6-15-10(8-9(2)3)11(12(16)17)13-14-15/h9H,4-8H2,1-3H3,(H,16,17). The lowest BCUT2D eigenvalue weighted by atomic mass is 10.1. The van der Waals surface area contributed by atoms with Crippen molar-refractivity contribution in [3.63, 3.8) is 0 Å². The number of aryl methyl sites for hydroxylation is 1. The third-order valence-electron chi connectivity index (χ3n) is 2.50. The molecule has 6 heteroatoms. The van der Waals surface area contributed by atoms with Gasteiger partial charge in [-0.2, -0.15) is 0 Å². The van der Waals surface area contributed by atoms with Gasteiger partial charge in [0.15, 0.2) is 5.69 Å². The molecule has 1 rings (SSSR count). The summed E-state index contributed by atoms with van der Waals surface area (Å²) in [7, 11) is 0. The molecule has 0 aliphatic rings. The van der Waals surface area contributed by atoms with E-state index in [2.05, 4.69) is 10.3 Å². The number of carbonyl (C=O) groups is 1. The van der Waals surface area contributed by atoms with Crippen LogP contribution in [0.15, 0.2) is 0 Å². The van der Waals surface area contributed by atoms with Crippen molar-refractivity contribution in [1.82, 2.24) is 15.0 Å². The van der Waals surface area contributed by atoms with Gasteiger partial charge in [0.25, 0.3) is 0 Å². The summed E-state index contributed by atoms with van der Waals surface area (Å²) in [6.07, 6.45) is 1.48. The first kappa shape index (κ1) is 14.6. The van der Waals surface area contributed by atoms with Crippen molar-refractivity contribution in [3.05, 3.63) is 11.4 Å². The molecule has 1 aromatic rings. The number of hydrogen-bond donors (Lipinski definition) is 1. The van der Waals surface area contributed by atoms with Gasteiger partial charge < -0.3 is 9.84 Å². The van der Waals surface area contributed by atoms with Crippen LogP contribution in [-0.2, 0) is 17.7 Å². The Labute approximate surface area is 107 Å². The molecule has 0 bridgehead atoms. The van der Waals surface area contributed by atoms with Crippen LogP contribution in [0.5, 0.6) is 0 Å². The average Bonchev–Trinajstić information content (AvgIpc) is 2.67. The van der Waals surface area contributed by atoms with Crippen molar-refractivity contribution < 1.29 is 14.6 Å². The summed E-state index contributed by atoms with van der Waals surface area (Å²) < 4.78 is 6.94. The third kappa shape index (κ3) is 4.10. The maximum Gasteiger partial charge on any atom is 0.358 e. The molecule has 0 saturated carbocycles. The molecule has 1 heterocycles. The number of hydrogen-bond acceptors (Lipinski definition) is 4. The molecule has 0 aliphatic heterocycles. The van der Waals surface area contributed by atoms with Crippen LogP contribution in [0, 0.1) is 5.92 Å². The third-order valence-corrected chi connectivity index (χ3v) is 2.50. The van der Waals surface area contributed by atoms with Crippen LogP contribution in [-0.4, -0.2) is 39.3 Å². The van der Waals surface area contributed by atoms with E-state index in [1.807, 2.05) is 20.8 Å². The number of carboxylic acid groups (broad SMARTS) is 1. The van der Waals surface area contributed by atoms with Gasteiger partial charge in [-0.25, -0.2) is 9.48 Å². The topological polar surface area (TPSA) is 77.2 Å². The highest BCUT2D eigenvalue weighted by atomic mass is 16.5. The Balaban J connectivity index is 2.73. The number of rotatable bonds is 8. The van der Waals surface area contributed by atoms with E-state index in [0.717, 1.165) is 6.42 Å². The minimum atomic E-state index is -1.01. The second-order valence-electron chi connectivity index (χ2n) is 4.56. The molecule has 1 aromatic heterocycles. The molecule has 0 fully saturated rings. The molecular weight excluding hydrogens is 234 g/mol. The molecule has 0 radical (unpaired) electrons. The minimum Gasteiger partial charge on any atom is -0.476 e. The summed E-state index contributed by atoms with van der Waals surface area (Å²) in [6.45, 7) is 8.02. The number of ether oxygens (including phenoxy) is 1. The lowest BCUT2D eigenvalue weighted by Gasteiger charge is -2.09. The largest absolute Gasteiger partial charge is 0.476 e. The molecular formula is C12H21N3O3. The first-order valence-corrected chi connectivity index (χ1v) is 6.29. The van der Waals surface area contributed by atoms with E-state index in [1.54, 1.807) is 4.68 Å². The van der Waals surface area contributed by atoms with Gasteiger partial charge in [0.1, 0.15) is 0 Å². The average molecular weight is 255 g/mol. The molecule has 0 atom stereocenters. The molecule has 0 amide bonds. The first-order chi connectivity index (χ1) is 8.56. The highest BCUT2D eigenvalue weighted by Gasteiger charge is 2.19. The maximum absolute atomic E-state index is 11.1. The zero-order chi connectivity index (χ0) is 13.5. The quantitative estimate of drug-likeness (QED) is 0.714. The summed E-state index contributed by atoms with van der Waals surface area (Å²) in [6, 6.07) is 0. The number of carboxylic acids is 1. The Morgan fingerprint density at radius 3 is 2.78 bits per heavy atom. The summed E-state index contributed by atoms with van der Waals surface area (Å²) in [5.41, 5.74) is 0.772. The van der Waals surface area contributed by atoms with Crippen LogP contribution in [0.25, 0.3) is 0 Å². The summed E-state index contributed by atoms with van der Waals surface area (Å²) >= 11 is 0. The van der Waals surface area contributed by atoms with E-state index in [-0.39, 0.29) is 5.69 Å². The Morgan fingerprint density at radius 2 is 2.22 bits per heavy atom. The van der Waals surface area contributed by atoms with Crippen molar-refractivity contribution in [1.29, 1.82) is 0 Å². The molecule has 0 aromatic carbocycles. The molecule has 0 aliphatic carbocycles. The predicted octanol–water partition coefficient (Wildman–Crippen LogP) is 1.60. The van der Waals surface area contributed by atoms with Crippen LogP contribution in [0.1, 0.15) is 43.4 Å². The first-order valence-electron chi connectivity index (χ1n) is 6.29. The summed E-state index contributed by atoms with van der Waals surface area (Å²) in [5.74, 6) is -0.644. The second kappa shape index (κ2) is 7.10. The van der Waals surface area contributed by atoms with Gasteiger partial charge in [0.05, 0.1) is 5.69 Å². The number of aromatic carboxylic acids is 1. The van der Waals surface area contributed by atoms with E-state index in [1.165, 1.54) is 0 Å². The van der Waals surface area contributed by atoms with Gasteiger partial charge in [-0.1, -0.05) is 19.1 Å². The normalized spacial score (nSPS) is 11.1. The summed E-state index contributed by atoms with van der Waals surface area (Å²) in [5, 5.41) is 16.7. The highest BCUT2D eigenvalue weighted by Crippen LogP contribution is 2.12. The molecule has 102 valence electrons. The molecule has 18 heavy (non-hydrogen) atoms. The second-order valence-corrected chi connectivity index (χ2v) is 4.56. The van der Waals surface area contributed by atoms with Crippen molar-refractivity contribution in [3.8, 4) is 0 Å². The Hall–Kier alpha value is -1.43.